The van der Waals surface area contributed by atoms with Crippen molar-refractivity contribution < 1.29 is 28.0 Å². The average molecular weight is 376 g/mol. The lowest BCUT2D eigenvalue weighted by Gasteiger charge is -2.20. The smallest absolute Gasteiger partial charge is 0.437 e. The van der Waals surface area contributed by atoms with Crippen LogP contribution >= 0.6 is 0 Å². The Balaban J connectivity index is 2.24. The van der Waals surface area contributed by atoms with Crippen molar-refractivity contribution in [1.29, 1.82) is 0 Å². The van der Waals surface area contributed by atoms with Gasteiger partial charge in [0.25, 0.3) is 0 Å². The van der Waals surface area contributed by atoms with E-state index in [0.717, 1.165) is 0 Å². The zero-order valence-corrected chi connectivity index (χ0v) is 14.7. The van der Waals surface area contributed by atoms with Crippen molar-refractivity contribution in [3.63, 3.8) is 0 Å². The highest BCUT2D eigenvalue weighted by molar-refractivity contribution is 6.01. The van der Waals surface area contributed by atoms with Crippen LogP contribution in [0.25, 0.3) is 0 Å². The molecule has 0 saturated heterocycles. The number of ether oxygens (including phenoxy) is 2. The Kier molecular flexibility index (Phi) is 6.39. The maximum absolute atomic E-state index is 12.2. The Morgan fingerprint density at radius 3 is 2.85 bits per heavy atom. The molecule has 0 unspecified atom stereocenters. The number of carbonyl (C=O) groups is 3. The monoisotopic (exact) mass is 376 g/mol. The molecule has 1 aliphatic rings. The van der Waals surface area contributed by atoms with Crippen molar-refractivity contribution in [3.8, 4) is 0 Å². The topological polar surface area (TPSA) is 97.3 Å². The number of benzene rings is 1. The first-order valence-corrected chi connectivity index (χ1v) is 8.43. The summed E-state index contributed by atoms with van der Waals surface area (Å²) in [7, 11) is 0. The average Bonchev–Trinajstić information content (AvgIpc) is 2.70. The van der Waals surface area contributed by atoms with Crippen LogP contribution in [0.1, 0.15) is 28.9 Å². The molecule has 1 N–H and O–H groups in total. The van der Waals surface area contributed by atoms with E-state index in [0.29, 0.717) is 23.3 Å². The first kappa shape index (κ1) is 16.0. The molecule has 2 rings (SSSR count). The zero-order valence-electron chi connectivity index (χ0n) is 17.7. The van der Waals surface area contributed by atoms with Crippen molar-refractivity contribution in [1.82, 2.24) is 10.2 Å². The van der Waals surface area contributed by atoms with Crippen molar-refractivity contribution in [2.24, 2.45) is 4.99 Å². The van der Waals surface area contributed by atoms with Crippen LogP contribution in [-0.4, -0.2) is 49.0 Å². The summed E-state index contributed by atoms with van der Waals surface area (Å²) in [6.07, 6.45) is 3.26. The number of cyclic esters (lactones) is 1. The minimum absolute atomic E-state index is 0.0399. The predicted octanol–water partition coefficient (Wildman–Crippen LogP) is 2.01. The van der Waals surface area contributed by atoms with Crippen molar-refractivity contribution in [3.05, 3.63) is 48.0 Å². The molecule has 0 spiro atoms. The van der Waals surface area contributed by atoms with E-state index in [4.69, 9.17) is 13.6 Å². The van der Waals surface area contributed by atoms with E-state index in [1.807, 2.05) is 0 Å². The number of rotatable bonds is 2. The van der Waals surface area contributed by atoms with Crippen molar-refractivity contribution in [2.45, 2.75) is 25.9 Å². The molecule has 0 saturated carbocycles. The molecular weight excluding hydrogens is 350 g/mol. The minimum Gasteiger partial charge on any atom is -0.464 e. The van der Waals surface area contributed by atoms with Crippen LogP contribution in [0.15, 0.2) is 47.5 Å². The normalized spacial score (nSPS) is 21.3. The minimum atomic E-state index is -2.87. The number of aliphatic imine (C=N–C) groups is 1. The van der Waals surface area contributed by atoms with E-state index >= 15 is 0 Å². The van der Waals surface area contributed by atoms with Crippen LogP contribution in [0.3, 0.4) is 0 Å². The fourth-order valence-electron chi connectivity index (χ4n) is 2.12. The molecule has 1 heterocycles. The Morgan fingerprint density at radius 2 is 2.07 bits per heavy atom. The van der Waals surface area contributed by atoms with E-state index in [1.165, 1.54) is 0 Å². The maximum atomic E-state index is 12.2. The second kappa shape index (κ2) is 10.7. The van der Waals surface area contributed by atoms with Crippen LogP contribution in [0.5, 0.6) is 0 Å². The number of nitrogens with one attached hydrogen (secondary N) is 1. The lowest BCUT2D eigenvalue weighted by molar-refractivity contribution is -0.143. The second-order valence-corrected chi connectivity index (χ2v) is 5.63. The van der Waals surface area contributed by atoms with E-state index < -0.39 is 37.4 Å². The number of hydrogen-bond acceptors (Lipinski definition) is 5. The van der Waals surface area contributed by atoms with Gasteiger partial charge in [-0.25, -0.2) is 4.79 Å². The largest absolute Gasteiger partial charge is 0.464 e. The third kappa shape index (κ3) is 7.72. The van der Waals surface area contributed by atoms with Gasteiger partial charge in [-0.2, -0.15) is 0 Å². The molecule has 1 aliphatic heterocycles. The molecule has 0 aliphatic carbocycles. The van der Waals surface area contributed by atoms with Gasteiger partial charge in [0.2, 0.25) is 11.9 Å². The van der Waals surface area contributed by atoms with Gasteiger partial charge in [0.15, 0.2) is 0 Å². The van der Waals surface area contributed by atoms with Crippen LogP contribution in [0.4, 0.5) is 4.79 Å². The molecule has 0 fully saturated rings. The summed E-state index contributed by atoms with van der Waals surface area (Å²) in [6, 6.07) is 8.80. The molecular formula is C19H23N3O5. The summed E-state index contributed by atoms with van der Waals surface area (Å²) in [6.45, 7) is -3.63. The molecule has 0 aromatic heterocycles. The Labute approximate surface area is 162 Å². The van der Waals surface area contributed by atoms with Gasteiger partial charge in [-0.3, -0.25) is 14.9 Å². The van der Waals surface area contributed by atoms with Crippen LogP contribution in [0, 0.1) is 0 Å². The molecule has 0 atom stereocenters. The second-order valence-electron chi connectivity index (χ2n) is 5.63. The van der Waals surface area contributed by atoms with Crippen LogP contribution < -0.4 is 5.32 Å². The van der Waals surface area contributed by atoms with Gasteiger partial charge < -0.3 is 14.4 Å². The number of amides is 2. The number of carbonyl (C=O) groups excluding carboxylic acids is 3. The molecule has 27 heavy (non-hydrogen) atoms. The lowest BCUT2D eigenvalue weighted by atomic mass is 10.2. The number of hydrogen-bond donors (Lipinski definition) is 1. The third-order valence-corrected chi connectivity index (χ3v) is 3.45. The quantitative estimate of drug-likeness (QED) is 0.626. The first-order chi connectivity index (χ1) is 14.3. The first-order valence-electron chi connectivity index (χ1n) is 9.93. The van der Waals surface area contributed by atoms with Gasteiger partial charge in [0.05, 0.1) is 6.61 Å². The van der Waals surface area contributed by atoms with Gasteiger partial charge in [0, 0.05) is 17.5 Å². The third-order valence-electron chi connectivity index (χ3n) is 3.45. The molecule has 1 aromatic rings. The number of allylic oxidation sites excluding steroid dienone is 1. The van der Waals surface area contributed by atoms with Crippen molar-refractivity contribution >= 4 is 23.9 Å². The molecule has 8 heteroatoms. The zero-order chi connectivity index (χ0) is 22.0. The fourth-order valence-corrected chi connectivity index (χ4v) is 2.12. The Hall–Kier alpha value is -3.16. The number of nitrogens with zero attached hydrogens (tertiary/aromatic N) is 2. The Bertz CT molecular complexity index is 809. The Morgan fingerprint density at radius 1 is 1.30 bits per heavy atom. The predicted molar refractivity (Wildman–Crippen MR) is 98.8 cm³/mol. The highest BCUT2D eigenvalue weighted by atomic mass is 16.5. The summed E-state index contributed by atoms with van der Waals surface area (Å²) in [4.78, 5) is 40.6. The van der Waals surface area contributed by atoms with Gasteiger partial charge in [-0.1, -0.05) is 42.5 Å². The number of esters is 1. The lowest BCUT2D eigenvalue weighted by Crippen LogP contribution is -2.45. The maximum Gasteiger partial charge on any atom is 0.437 e. The fraction of sp³-hybridized carbons (Fsp3) is 0.368. The van der Waals surface area contributed by atoms with Gasteiger partial charge in [-0.05, 0) is 18.4 Å². The standard InChI is InChI=1S/C19H23N3O5/c1-22-13-17(24)26-12-8-3-2-7-11-16(23)20-18(22)21-19(25)27-14-15-9-5-4-6-10-15/h2-6,9-10H,7-8,11-14H2,1H3,(H,20,21,23,25)/b3-2+/i1D3. The highest BCUT2D eigenvalue weighted by Crippen LogP contribution is 2.03. The molecule has 8 nitrogen and oxygen atoms in total. The van der Waals surface area contributed by atoms with Gasteiger partial charge in [0.1, 0.15) is 13.2 Å². The van der Waals surface area contributed by atoms with Crippen LogP contribution in [-0.2, 0) is 25.7 Å². The molecule has 1 aromatic carbocycles. The van der Waals surface area contributed by atoms with E-state index in [9.17, 15) is 14.4 Å². The number of likely N-dealkylation sites (N-methyl/N-ethyl adjacent to an activating group) is 1. The van der Waals surface area contributed by atoms with Gasteiger partial charge >= 0.3 is 12.1 Å². The molecule has 144 valence electrons. The van der Waals surface area contributed by atoms with Gasteiger partial charge in [-0.15, -0.1) is 4.99 Å². The summed E-state index contributed by atoms with van der Waals surface area (Å²) in [5, 5.41) is 2.30. The van der Waals surface area contributed by atoms with Crippen LogP contribution in [0.2, 0.25) is 0 Å². The molecule has 0 radical (unpaired) electrons. The van der Waals surface area contributed by atoms with E-state index in [-0.39, 0.29) is 19.6 Å². The van der Waals surface area contributed by atoms with E-state index in [1.54, 1.807) is 42.5 Å². The summed E-state index contributed by atoms with van der Waals surface area (Å²) >= 11 is 0. The summed E-state index contributed by atoms with van der Waals surface area (Å²) in [5.74, 6) is -1.99. The number of guanidine groups is 1. The van der Waals surface area contributed by atoms with E-state index in [2.05, 4.69) is 10.3 Å². The summed E-state index contributed by atoms with van der Waals surface area (Å²) < 4.78 is 33.1. The SMILES string of the molecule is [2H]C([2H])([2H])N1CC(=O)OCC/C=C/CCC(=O)NC1=NC(=O)OCc1ccccc1. The molecule has 0 bridgehead atoms. The summed E-state index contributed by atoms with van der Waals surface area (Å²) in [5.41, 5.74) is 0.702. The van der Waals surface area contributed by atoms with Crippen molar-refractivity contribution in [2.75, 3.05) is 20.1 Å². The molecule has 2 amide bonds. The highest BCUT2D eigenvalue weighted by Gasteiger charge is 2.17.